The normalized spacial score (nSPS) is 24.9. The Morgan fingerprint density at radius 3 is 2.81 bits per heavy atom. The van der Waals surface area contributed by atoms with Crippen molar-refractivity contribution in [3.8, 4) is 0 Å². The molecule has 4 heteroatoms. The van der Waals surface area contributed by atoms with Gasteiger partial charge in [-0.1, -0.05) is 6.42 Å². The van der Waals surface area contributed by atoms with E-state index >= 15 is 0 Å². The second-order valence-corrected chi connectivity index (χ2v) is 5.88. The van der Waals surface area contributed by atoms with Crippen LogP contribution in [-0.4, -0.2) is 16.1 Å². The van der Waals surface area contributed by atoms with E-state index in [9.17, 15) is 4.79 Å². The topological polar surface area (TPSA) is 50.2 Å². The van der Waals surface area contributed by atoms with Crippen molar-refractivity contribution < 1.29 is 9.90 Å². The predicted octanol–water partition coefficient (Wildman–Crippen LogP) is 2.80. The lowest BCUT2D eigenvalue weighted by molar-refractivity contribution is -0.142. The number of rotatable bonds is 3. The minimum atomic E-state index is -0.632. The van der Waals surface area contributed by atoms with E-state index in [0.29, 0.717) is 5.92 Å². The van der Waals surface area contributed by atoms with Gasteiger partial charge < -0.3 is 5.11 Å². The van der Waals surface area contributed by atoms with Crippen molar-refractivity contribution in [1.29, 1.82) is 0 Å². The second-order valence-electron chi connectivity index (χ2n) is 4.59. The van der Waals surface area contributed by atoms with E-state index in [0.717, 1.165) is 36.4 Å². The molecule has 1 heterocycles. The van der Waals surface area contributed by atoms with E-state index in [-0.39, 0.29) is 5.92 Å². The van der Waals surface area contributed by atoms with Gasteiger partial charge in [0.25, 0.3) is 0 Å². The van der Waals surface area contributed by atoms with Gasteiger partial charge in [-0.05, 0) is 32.6 Å². The van der Waals surface area contributed by atoms with Crippen molar-refractivity contribution in [2.75, 3.05) is 0 Å². The van der Waals surface area contributed by atoms with Gasteiger partial charge in [-0.3, -0.25) is 4.79 Å². The highest BCUT2D eigenvalue weighted by Gasteiger charge is 2.33. The molecule has 0 amide bonds. The fourth-order valence-corrected chi connectivity index (χ4v) is 3.48. The van der Waals surface area contributed by atoms with Crippen LogP contribution >= 0.6 is 11.3 Å². The van der Waals surface area contributed by atoms with Crippen LogP contribution in [0.1, 0.15) is 34.8 Å². The molecule has 88 valence electrons. The average Bonchev–Trinajstić information content (AvgIpc) is 2.75. The number of nitrogens with zero attached hydrogens (tertiary/aromatic N) is 1. The van der Waals surface area contributed by atoms with E-state index in [2.05, 4.69) is 11.9 Å². The number of hydrogen-bond acceptors (Lipinski definition) is 3. The summed E-state index contributed by atoms with van der Waals surface area (Å²) in [4.78, 5) is 16.8. The predicted molar refractivity (Wildman–Crippen MR) is 63.8 cm³/mol. The lowest BCUT2D eigenvalue weighted by Crippen LogP contribution is -2.19. The summed E-state index contributed by atoms with van der Waals surface area (Å²) in [7, 11) is 0. The molecule has 1 N–H and O–H groups in total. The van der Waals surface area contributed by atoms with Gasteiger partial charge >= 0.3 is 5.97 Å². The molecule has 1 fully saturated rings. The maximum absolute atomic E-state index is 11.1. The summed E-state index contributed by atoms with van der Waals surface area (Å²) in [6, 6.07) is 0. The van der Waals surface area contributed by atoms with Gasteiger partial charge in [-0.15, -0.1) is 11.3 Å². The van der Waals surface area contributed by atoms with Crippen molar-refractivity contribution in [3.63, 3.8) is 0 Å². The van der Waals surface area contributed by atoms with Crippen LogP contribution in [0.25, 0.3) is 0 Å². The molecule has 2 atom stereocenters. The van der Waals surface area contributed by atoms with Gasteiger partial charge in [-0.25, -0.2) is 4.98 Å². The number of hydrogen-bond donors (Lipinski definition) is 1. The Bertz CT molecular complexity index is 380. The number of carboxylic acids is 1. The Labute approximate surface area is 99.5 Å². The Balaban J connectivity index is 2.06. The molecular weight excluding hydrogens is 222 g/mol. The molecule has 0 bridgehead atoms. The van der Waals surface area contributed by atoms with Crippen LogP contribution in [0.2, 0.25) is 0 Å². The van der Waals surface area contributed by atoms with Crippen LogP contribution in [0.15, 0.2) is 0 Å². The summed E-state index contributed by atoms with van der Waals surface area (Å²) in [5.74, 6) is -0.487. The zero-order valence-corrected chi connectivity index (χ0v) is 10.5. The lowest BCUT2D eigenvalue weighted by Gasteiger charge is -2.13. The molecule has 2 unspecified atom stereocenters. The highest BCUT2D eigenvalue weighted by Crippen LogP contribution is 2.35. The van der Waals surface area contributed by atoms with E-state index in [1.165, 1.54) is 4.88 Å². The van der Waals surface area contributed by atoms with Crippen LogP contribution in [0.5, 0.6) is 0 Å². The van der Waals surface area contributed by atoms with Gasteiger partial charge in [-0.2, -0.15) is 0 Å². The standard InChI is InChI=1S/C12H17NO2S/c1-7-8(2)16-11(13-7)6-9-4-3-5-10(9)12(14)15/h9-10H,3-6H2,1-2H3,(H,14,15). The van der Waals surface area contributed by atoms with E-state index in [4.69, 9.17) is 5.11 Å². The zero-order valence-electron chi connectivity index (χ0n) is 9.69. The maximum atomic E-state index is 11.1. The molecule has 0 aromatic carbocycles. The van der Waals surface area contributed by atoms with Crippen LogP contribution in [-0.2, 0) is 11.2 Å². The third-order valence-corrected chi connectivity index (χ3v) is 4.58. The van der Waals surface area contributed by atoms with Crippen LogP contribution in [0.3, 0.4) is 0 Å². The molecule has 0 saturated heterocycles. The van der Waals surface area contributed by atoms with E-state index in [1.54, 1.807) is 11.3 Å². The number of aryl methyl sites for hydroxylation is 2. The van der Waals surface area contributed by atoms with Gasteiger partial charge in [0, 0.05) is 11.3 Å². The first kappa shape index (κ1) is 11.6. The summed E-state index contributed by atoms with van der Waals surface area (Å²) in [5.41, 5.74) is 1.09. The molecule has 1 aromatic heterocycles. The lowest BCUT2D eigenvalue weighted by atomic mass is 9.93. The average molecular weight is 239 g/mol. The van der Waals surface area contributed by atoms with Crippen molar-refractivity contribution in [1.82, 2.24) is 4.98 Å². The van der Waals surface area contributed by atoms with Gasteiger partial charge in [0.1, 0.15) is 0 Å². The Hall–Kier alpha value is -0.900. The van der Waals surface area contributed by atoms with Crippen LogP contribution in [0.4, 0.5) is 0 Å². The Morgan fingerprint density at radius 1 is 1.50 bits per heavy atom. The molecule has 1 aliphatic rings. The second kappa shape index (κ2) is 4.53. The molecule has 0 spiro atoms. The first-order valence-electron chi connectivity index (χ1n) is 5.73. The smallest absolute Gasteiger partial charge is 0.306 e. The van der Waals surface area contributed by atoms with Crippen LogP contribution < -0.4 is 0 Å². The summed E-state index contributed by atoms with van der Waals surface area (Å²) in [6.45, 7) is 4.08. The van der Waals surface area contributed by atoms with Crippen LogP contribution in [0, 0.1) is 25.7 Å². The molecular formula is C12H17NO2S. The summed E-state index contributed by atoms with van der Waals surface area (Å²) >= 11 is 1.71. The molecule has 0 aliphatic heterocycles. The zero-order chi connectivity index (χ0) is 11.7. The fourth-order valence-electron chi connectivity index (χ4n) is 2.46. The molecule has 1 aromatic rings. The molecule has 2 rings (SSSR count). The van der Waals surface area contributed by atoms with Crippen molar-refractivity contribution >= 4 is 17.3 Å². The van der Waals surface area contributed by atoms with Crippen molar-refractivity contribution in [2.45, 2.75) is 39.5 Å². The summed E-state index contributed by atoms with van der Waals surface area (Å²) in [5, 5.41) is 10.2. The van der Waals surface area contributed by atoms with E-state index in [1.807, 2.05) is 6.92 Å². The monoisotopic (exact) mass is 239 g/mol. The highest BCUT2D eigenvalue weighted by atomic mass is 32.1. The number of aromatic nitrogens is 1. The largest absolute Gasteiger partial charge is 0.481 e. The number of aliphatic carboxylic acids is 1. The first-order chi connectivity index (χ1) is 7.58. The summed E-state index contributed by atoms with van der Waals surface area (Å²) in [6.07, 6.45) is 3.76. The SMILES string of the molecule is Cc1nc(CC2CCCC2C(=O)O)sc1C. The minimum Gasteiger partial charge on any atom is -0.481 e. The van der Waals surface area contributed by atoms with Crippen molar-refractivity contribution in [2.24, 2.45) is 11.8 Å². The molecule has 1 aliphatic carbocycles. The van der Waals surface area contributed by atoms with Crippen molar-refractivity contribution in [3.05, 3.63) is 15.6 Å². The highest BCUT2D eigenvalue weighted by molar-refractivity contribution is 7.11. The quantitative estimate of drug-likeness (QED) is 0.882. The third kappa shape index (κ3) is 2.26. The molecule has 0 radical (unpaired) electrons. The molecule has 1 saturated carbocycles. The summed E-state index contributed by atoms with van der Waals surface area (Å²) < 4.78 is 0. The number of carboxylic acid groups (broad SMARTS) is 1. The van der Waals surface area contributed by atoms with Gasteiger partial charge in [0.05, 0.1) is 16.6 Å². The first-order valence-corrected chi connectivity index (χ1v) is 6.55. The fraction of sp³-hybridized carbons (Fsp3) is 0.667. The molecule has 16 heavy (non-hydrogen) atoms. The third-order valence-electron chi connectivity index (χ3n) is 3.49. The minimum absolute atomic E-state index is 0.149. The number of thiazole rings is 1. The van der Waals surface area contributed by atoms with Gasteiger partial charge in [0.15, 0.2) is 0 Å². The van der Waals surface area contributed by atoms with Gasteiger partial charge in [0.2, 0.25) is 0 Å². The Morgan fingerprint density at radius 2 is 2.25 bits per heavy atom. The maximum Gasteiger partial charge on any atom is 0.306 e. The Kier molecular flexibility index (Phi) is 3.28. The number of carbonyl (C=O) groups is 1. The van der Waals surface area contributed by atoms with E-state index < -0.39 is 5.97 Å². The molecule has 3 nitrogen and oxygen atoms in total.